The molecule has 1 heterocycles. The molecule has 0 bridgehead atoms. The summed E-state index contributed by atoms with van der Waals surface area (Å²) in [6, 6.07) is 3.27. The molecule has 0 radical (unpaired) electrons. The molecule has 0 amide bonds. The Morgan fingerprint density at radius 1 is 1.40 bits per heavy atom. The Balaban J connectivity index is 2.11. The second-order valence-electron chi connectivity index (χ2n) is 5.08. The highest BCUT2D eigenvalue weighted by atomic mass is 35.5. The highest BCUT2D eigenvalue weighted by Crippen LogP contribution is 2.31. The number of benzene rings is 1. The predicted molar refractivity (Wildman–Crippen MR) is 79.7 cm³/mol. The van der Waals surface area contributed by atoms with Crippen LogP contribution in [0.5, 0.6) is 0 Å². The van der Waals surface area contributed by atoms with Gasteiger partial charge in [-0.1, -0.05) is 29.3 Å². The number of ether oxygens (including phenoxy) is 1. The van der Waals surface area contributed by atoms with E-state index in [2.05, 4.69) is 4.90 Å². The Kier molecular flexibility index (Phi) is 5.64. The lowest BCUT2D eigenvalue weighted by atomic mass is 9.98. The summed E-state index contributed by atoms with van der Waals surface area (Å²) in [5.41, 5.74) is 6.67. The first-order valence-corrected chi connectivity index (χ1v) is 7.41. The summed E-state index contributed by atoms with van der Waals surface area (Å²) in [5, 5.41) is 0.275. The maximum Gasteiger partial charge on any atom is 0.143 e. The monoisotopic (exact) mass is 320 g/mol. The summed E-state index contributed by atoms with van der Waals surface area (Å²) in [6.07, 6.45) is 2.12. The minimum atomic E-state index is -0.492. The van der Waals surface area contributed by atoms with Gasteiger partial charge in [0.2, 0.25) is 0 Å². The van der Waals surface area contributed by atoms with Gasteiger partial charge < -0.3 is 10.5 Å². The van der Waals surface area contributed by atoms with Gasteiger partial charge >= 0.3 is 0 Å². The van der Waals surface area contributed by atoms with Crippen LogP contribution in [0, 0.1) is 5.82 Å². The third-order valence-corrected chi connectivity index (χ3v) is 4.78. The van der Waals surface area contributed by atoms with Gasteiger partial charge in [0.25, 0.3) is 0 Å². The molecule has 0 aromatic heterocycles. The van der Waals surface area contributed by atoms with Crippen molar-refractivity contribution in [2.24, 2.45) is 5.73 Å². The fraction of sp³-hybridized carbons (Fsp3) is 0.571. The largest absolute Gasteiger partial charge is 0.381 e. The first-order valence-electron chi connectivity index (χ1n) is 6.66. The van der Waals surface area contributed by atoms with Gasteiger partial charge in [0.15, 0.2) is 0 Å². The average molecular weight is 321 g/mol. The molecule has 2 rings (SSSR count). The average Bonchev–Trinajstić information content (AvgIpc) is 2.48. The first kappa shape index (κ1) is 16.0. The second-order valence-corrected chi connectivity index (χ2v) is 5.83. The van der Waals surface area contributed by atoms with E-state index in [-0.39, 0.29) is 22.2 Å². The molecule has 1 aromatic carbocycles. The fourth-order valence-corrected chi connectivity index (χ4v) is 3.03. The van der Waals surface area contributed by atoms with Crippen LogP contribution in [0.1, 0.15) is 18.4 Å². The predicted octanol–water partition coefficient (Wildman–Crippen LogP) is 3.07. The van der Waals surface area contributed by atoms with E-state index < -0.39 is 5.82 Å². The lowest BCUT2D eigenvalue weighted by Crippen LogP contribution is -2.48. The number of rotatable bonds is 4. The van der Waals surface area contributed by atoms with Gasteiger partial charge in [-0.25, -0.2) is 4.39 Å². The summed E-state index contributed by atoms with van der Waals surface area (Å²) >= 11 is 12.0. The van der Waals surface area contributed by atoms with Gasteiger partial charge in [0.1, 0.15) is 5.82 Å². The first-order chi connectivity index (χ1) is 9.56. The van der Waals surface area contributed by atoms with E-state index in [1.807, 2.05) is 0 Å². The Hall–Kier alpha value is -0.390. The molecule has 2 N–H and O–H groups in total. The van der Waals surface area contributed by atoms with Crippen molar-refractivity contribution < 1.29 is 9.13 Å². The van der Waals surface area contributed by atoms with Crippen LogP contribution >= 0.6 is 23.2 Å². The quantitative estimate of drug-likeness (QED) is 0.866. The summed E-state index contributed by atoms with van der Waals surface area (Å²) in [7, 11) is 1.73. The minimum Gasteiger partial charge on any atom is -0.381 e. The van der Waals surface area contributed by atoms with Gasteiger partial charge in [-0.2, -0.15) is 0 Å². The standard InChI is InChI=1S/C14H19Cl2FN2O/c1-20-11-4-5-19(10(6-11)7-18)8-9-2-3-12(17)14(16)13(9)15/h2-3,10-11H,4-8,18H2,1H3. The van der Waals surface area contributed by atoms with Crippen molar-refractivity contribution in [3.63, 3.8) is 0 Å². The molecule has 2 atom stereocenters. The zero-order valence-electron chi connectivity index (χ0n) is 11.4. The summed E-state index contributed by atoms with van der Waals surface area (Å²) in [5.74, 6) is -0.492. The Morgan fingerprint density at radius 3 is 2.80 bits per heavy atom. The molecule has 0 saturated carbocycles. The summed E-state index contributed by atoms with van der Waals surface area (Å²) in [4.78, 5) is 2.25. The zero-order valence-corrected chi connectivity index (χ0v) is 12.9. The van der Waals surface area contributed by atoms with Crippen molar-refractivity contribution in [2.45, 2.75) is 31.5 Å². The molecule has 1 aromatic rings. The van der Waals surface area contributed by atoms with Crippen molar-refractivity contribution in [2.75, 3.05) is 20.2 Å². The fourth-order valence-electron chi connectivity index (χ4n) is 2.64. The Bertz CT molecular complexity index is 473. The molecule has 6 heteroatoms. The number of piperidine rings is 1. The summed E-state index contributed by atoms with van der Waals surface area (Å²) in [6.45, 7) is 2.06. The topological polar surface area (TPSA) is 38.5 Å². The van der Waals surface area contributed by atoms with E-state index >= 15 is 0 Å². The number of halogens is 3. The Morgan fingerprint density at radius 2 is 2.15 bits per heavy atom. The Labute approximate surface area is 128 Å². The van der Waals surface area contributed by atoms with Gasteiger partial charge in [-0.05, 0) is 24.5 Å². The van der Waals surface area contributed by atoms with Crippen molar-refractivity contribution in [1.82, 2.24) is 4.90 Å². The van der Waals surface area contributed by atoms with E-state index in [1.54, 1.807) is 13.2 Å². The third-order valence-electron chi connectivity index (χ3n) is 3.88. The lowest BCUT2D eigenvalue weighted by Gasteiger charge is -2.38. The molecule has 112 valence electrons. The van der Waals surface area contributed by atoms with Crippen LogP contribution in [0.25, 0.3) is 0 Å². The molecule has 1 saturated heterocycles. The lowest BCUT2D eigenvalue weighted by molar-refractivity contribution is 0.0102. The zero-order chi connectivity index (χ0) is 14.7. The van der Waals surface area contributed by atoms with Crippen LogP contribution in [0.4, 0.5) is 4.39 Å². The molecule has 1 aliphatic rings. The number of hydrogen-bond acceptors (Lipinski definition) is 3. The molecular formula is C14H19Cl2FN2O. The maximum atomic E-state index is 13.3. The SMILES string of the molecule is COC1CCN(Cc2ccc(F)c(Cl)c2Cl)C(CN)C1. The van der Waals surface area contributed by atoms with E-state index in [0.717, 1.165) is 24.9 Å². The number of nitrogens with two attached hydrogens (primary N) is 1. The van der Waals surface area contributed by atoms with Crippen LogP contribution in [-0.2, 0) is 11.3 Å². The highest BCUT2D eigenvalue weighted by molar-refractivity contribution is 6.42. The normalized spacial score (nSPS) is 24.1. The van der Waals surface area contributed by atoms with Crippen molar-refractivity contribution in [3.8, 4) is 0 Å². The molecule has 1 fully saturated rings. The van der Waals surface area contributed by atoms with Gasteiger partial charge in [-0.3, -0.25) is 4.90 Å². The van der Waals surface area contributed by atoms with Gasteiger partial charge in [-0.15, -0.1) is 0 Å². The van der Waals surface area contributed by atoms with Crippen LogP contribution in [0.15, 0.2) is 12.1 Å². The molecular weight excluding hydrogens is 302 g/mol. The summed E-state index contributed by atoms with van der Waals surface area (Å²) < 4.78 is 18.7. The number of hydrogen-bond donors (Lipinski definition) is 1. The van der Waals surface area contributed by atoms with E-state index in [0.29, 0.717) is 13.1 Å². The van der Waals surface area contributed by atoms with E-state index in [4.69, 9.17) is 33.7 Å². The molecule has 1 aliphatic heterocycles. The molecule has 0 aliphatic carbocycles. The molecule has 20 heavy (non-hydrogen) atoms. The molecule has 2 unspecified atom stereocenters. The van der Waals surface area contributed by atoms with E-state index in [9.17, 15) is 4.39 Å². The third kappa shape index (κ3) is 3.43. The van der Waals surface area contributed by atoms with E-state index in [1.165, 1.54) is 6.07 Å². The number of methoxy groups -OCH3 is 1. The highest BCUT2D eigenvalue weighted by Gasteiger charge is 2.28. The molecule has 0 spiro atoms. The van der Waals surface area contributed by atoms with Crippen molar-refractivity contribution in [1.29, 1.82) is 0 Å². The van der Waals surface area contributed by atoms with Crippen LogP contribution in [-0.4, -0.2) is 37.2 Å². The molecule has 3 nitrogen and oxygen atoms in total. The van der Waals surface area contributed by atoms with Crippen molar-refractivity contribution in [3.05, 3.63) is 33.6 Å². The number of nitrogens with zero attached hydrogens (tertiary/aromatic N) is 1. The minimum absolute atomic E-state index is 0.0137. The maximum absolute atomic E-state index is 13.3. The van der Waals surface area contributed by atoms with Crippen LogP contribution in [0.3, 0.4) is 0 Å². The van der Waals surface area contributed by atoms with Crippen molar-refractivity contribution >= 4 is 23.2 Å². The van der Waals surface area contributed by atoms with Crippen LogP contribution in [0.2, 0.25) is 10.0 Å². The van der Waals surface area contributed by atoms with Gasteiger partial charge in [0, 0.05) is 32.8 Å². The van der Waals surface area contributed by atoms with Gasteiger partial charge in [0.05, 0.1) is 16.1 Å². The van der Waals surface area contributed by atoms with Crippen LogP contribution < -0.4 is 5.73 Å². The smallest absolute Gasteiger partial charge is 0.143 e. The number of likely N-dealkylation sites (tertiary alicyclic amines) is 1. The second kappa shape index (κ2) is 7.05.